The second-order valence-corrected chi connectivity index (χ2v) is 29.1. The number of likely N-dealkylation sites (N-methyl/N-ethyl adjacent to an activating group) is 1. The largest absolute Gasteiger partial charge is 0.756 e. The van der Waals surface area contributed by atoms with Crippen LogP contribution in [0.4, 0.5) is 0 Å². The Labute approximate surface area is 605 Å². The Kier molecular flexibility index (Phi) is 73.4. The van der Waals surface area contributed by atoms with E-state index in [1.807, 2.05) is 21.1 Å². The van der Waals surface area contributed by atoms with Gasteiger partial charge in [-0.2, -0.15) is 0 Å². The molecule has 0 bridgehead atoms. The van der Waals surface area contributed by atoms with Crippen LogP contribution >= 0.6 is 7.82 Å². The molecule has 10 heteroatoms. The standard InChI is InChI=1S/C88H150NO8P/c1-6-8-10-12-14-16-18-20-22-24-26-28-30-32-34-36-38-40-42-43-44-45-47-48-50-52-54-56-58-60-62-64-66-68-70-72-74-76-78-80-87(90)94-84-86(85-96-98(92,93)95-83-82-89(3,4)5)97-88(91)81-79-77-75-73-71-69-67-65-63-61-59-57-55-53-51-49-46-41-39-37-35-33-31-29-27-25-23-21-19-17-15-13-11-9-7-2/h8-11,14-17,20-23,26-29,32-35,39,41,49,51,55,57,86H,6-7,12-13,18-19,24-25,30-31,36-38,40,42-48,50,52-54,56,58-85H2,1-5H3/b10-8-,11-9-,16-14-,17-15-,22-20-,23-21-,28-26-,29-27-,34-32-,35-33-,41-39-,51-49-,57-55-. The number of ether oxygens (including phenoxy) is 2. The summed E-state index contributed by atoms with van der Waals surface area (Å²) in [6.07, 6.45) is 115. The number of phosphoric acid groups is 1. The first-order chi connectivity index (χ1) is 48.0. The Morgan fingerprint density at radius 2 is 0.551 bits per heavy atom. The fourth-order valence-corrected chi connectivity index (χ4v) is 11.7. The fourth-order valence-electron chi connectivity index (χ4n) is 11.0. The summed E-state index contributed by atoms with van der Waals surface area (Å²) in [5, 5.41) is 0. The van der Waals surface area contributed by atoms with Crippen molar-refractivity contribution in [3.8, 4) is 0 Å². The van der Waals surface area contributed by atoms with Crippen molar-refractivity contribution in [2.24, 2.45) is 0 Å². The third-order valence-corrected chi connectivity index (χ3v) is 18.0. The molecule has 0 aliphatic heterocycles. The van der Waals surface area contributed by atoms with Gasteiger partial charge in [-0.25, -0.2) is 0 Å². The fraction of sp³-hybridized carbons (Fsp3) is 0.682. The number of phosphoric ester groups is 1. The lowest BCUT2D eigenvalue weighted by Crippen LogP contribution is -2.37. The predicted octanol–water partition coefficient (Wildman–Crippen LogP) is 26.4. The van der Waals surface area contributed by atoms with Crippen molar-refractivity contribution in [2.75, 3.05) is 47.5 Å². The van der Waals surface area contributed by atoms with E-state index in [0.717, 1.165) is 128 Å². The van der Waals surface area contributed by atoms with E-state index in [0.29, 0.717) is 17.4 Å². The Bertz CT molecular complexity index is 2220. The van der Waals surface area contributed by atoms with Crippen LogP contribution in [0.2, 0.25) is 0 Å². The van der Waals surface area contributed by atoms with Gasteiger partial charge >= 0.3 is 11.9 Å². The van der Waals surface area contributed by atoms with Gasteiger partial charge in [0.05, 0.1) is 27.7 Å². The molecule has 0 aromatic carbocycles. The normalized spacial score (nSPS) is 13.9. The van der Waals surface area contributed by atoms with Gasteiger partial charge < -0.3 is 27.9 Å². The molecule has 0 saturated heterocycles. The highest BCUT2D eigenvalue weighted by Gasteiger charge is 2.22. The molecule has 0 fully saturated rings. The average Bonchev–Trinajstić information content (AvgIpc) is 1.08. The zero-order valence-corrected chi connectivity index (χ0v) is 64.8. The quantitative estimate of drug-likeness (QED) is 0.0195. The second kappa shape index (κ2) is 76.8. The zero-order valence-electron chi connectivity index (χ0n) is 63.9. The third-order valence-electron chi connectivity index (χ3n) is 17.0. The molecule has 98 heavy (non-hydrogen) atoms. The Morgan fingerprint density at radius 1 is 0.316 bits per heavy atom. The molecule has 0 saturated carbocycles. The molecule has 0 rings (SSSR count). The lowest BCUT2D eigenvalue weighted by atomic mass is 10.0. The van der Waals surface area contributed by atoms with Crippen LogP contribution in [-0.4, -0.2) is 70.0 Å². The van der Waals surface area contributed by atoms with Crippen molar-refractivity contribution >= 4 is 19.8 Å². The summed E-state index contributed by atoms with van der Waals surface area (Å²) in [6, 6.07) is 0. The van der Waals surface area contributed by atoms with E-state index in [-0.39, 0.29) is 32.0 Å². The number of unbranched alkanes of at least 4 members (excludes halogenated alkanes) is 33. The number of carbonyl (C=O) groups is 2. The van der Waals surface area contributed by atoms with E-state index >= 15 is 0 Å². The van der Waals surface area contributed by atoms with Gasteiger partial charge in [-0.3, -0.25) is 14.2 Å². The zero-order chi connectivity index (χ0) is 71.1. The van der Waals surface area contributed by atoms with Crippen LogP contribution in [0.5, 0.6) is 0 Å². The molecule has 2 unspecified atom stereocenters. The van der Waals surface area contributed by atoms with Crippen LogP contribution in [0.15, 0.2) is 158 Å². The van der Waals surface area contributed by atoms with Gasteiger partial charge in [0.15, 0.2) is 6.10 Å². The minimum Gasteiger partial charge on any atom is -0.756 e. The van der Waals surface area contributed by atoms with Crippen molar-refractivity contribution in [1.82, 2.24) is 0 Å². The number of rotatable bonds is 73. The number of quaternary nitrogens is 1. The number of carbonyl (C=O) groups excluding carboxylic acids is 2. The Morgan fingerprint density at radius 3 is 0.816 bits per heavy atom. The number of hydrogen-bond acceptors (Lipinski definition) is 8. The molecular weight excluding hydrogens is 1230 g/mol. The summed E-state index contributed by atoms with van der Waals surface area (Å²) in [4.78, 5) is 38.2. The summed E-state index contributed by atoms with van der Waals surface area (Å²) in [5.74, 6) is -0.833. The van der Waals surface area contributed by atoms with E-state index in [2.05, 4.69) is 172 Å². The molecule has 560 valence electrons. The first kappa shape index (κ1) is 93.6. The van der Waals surface area contributed by atoms with Gasteiger partial charge in [-0.1, -0.05) is 358 Å². The van der Waals surface area contributed by atoms with Gasteiger partial charge in [-0.05, 0) is 122 Å². The van der Waals surface area contributed by atoms with Gasteiger partial charge in [0, 0.05) is 12.8 Å². The number of allylic oxidation sites excluding steroid dienone is 26. The smallest absolute Gasteiger partial charge is 0.306 e. The van der Waals surface area contributed by atoms with Crippen molar-refractivity contribution in [3.05, 3.63) is 158 Å². The lowest BCUT2D eigenvalue weighted by Gasteiger charge is -2.28. The molecule has 0 spiro atoms. The van der Waals surface area contributed by atoms with Crippen molar-refractivity contribution < 1.29 is 42.1 Å². The minimum atomic E-state index is -4.66. The summed E-state index contributed by atoms with van der Waals surface area (Å²) >= 11 is 0. The Hall–Kier alpha value is -4.37. The van der Waals surface area contributed by atoms with Crippen molar-refractivity contribution in [2.45, 2.75) is 341 Å². The molecular formula is C88H150NO8P. The van der Waals surface area contributed by atoms with Crippen LogP contribution in [0.1, 0.15) is 335 Å². The van der Waals surface area contributed by atoms with Crippen LogP contribution in [0, 0.1) is 0 Å². The maximum absolute atomic E-state index is 12.9. The Balaban J connectivity index is 3.99. The van der Waals surface area contributed by atoms with Crippen LogP contribution < -0.4 is 4.89 Å². The molecule has 9 nitrogen and oxygen atoms in total. The number of hydrogen-bond donors (Lipinski definition) is 0. The highest BCUT2D eigenvalue weighted by molar-refractivity contribution is 7.45. The van der Waals surface area contributed by atoms with E-state index in [4.69, 9.17) is 18.5 Å². The average molecular weight is 1380 g/mol. The van der Waals surface area contributed by atoms with E-state index in [9.17, 15) is 19.0 Å². The number of esters is 2. The summed E-state index contributed by atoms with van der Waals surface area (Å²) in [7, 11) is 1.16. The summed E-state index contributed by atoms with van der Waals surface area (Å²) in [5.41, 5.74) is 0. The van der Waals surface area contributed by atoms with E-state index < -0.39 is 26.5 Å². The molecule has 0 amide bonds. The highest BCUT2D eigenvalue weighted by Crippen LogP contribution is 2.38. The maximum atomic E-state index is 12.9. The first-order valence-corrected chi connectivity index (χ1v) is 41.7. The van der Waals surface area contributed by atoms with Gasteiger partial charge in [0.1, 0.15) is 19.8 Å². The van der Waals surface area contributed by atoms with Crippen LogP contribution in [0.25, 0.3) is 0 Å². The molecule has 0 N–H and O–H groups in total. The maximum Gasteiger partial charge on any atom is 0.306 e. The summed E-state index contributed by atoms with van der Waals surface area (Å²) < 4.78 is 34.4. The molecule has 2 atom stereocenters. The molecule has 0 radical (unpaired) electrons. The summed E-state index contributed by atoms with van der Waals surface area (Å²) in [6.45, 7) is 4.03. The highest BCUT2D eigenvalue weighted by atomic mass is 31.2. The molecule has 0 aliphatic carbocycles. The van der Waals surface area contributed by atoms with Gasteiger partial charge in [-0.15, -0.1) is 0 Å². The topological polar surface area (TPSA) is 111 Å². The SMILES string of the molecule is CC/C=C\C/C=C\C/C=C\C/C=C\C/C=C\C/C=C\C/C=C\C/C=C\CCCCCCCCCCCCC(=O)OC(COC(=O)CCCCCCCCCCCCCCCCCCCCCCCCC/C=C\C/C=C\C/C=C\C/C=C\C/C=C\CC)COP(=O)([O-])OCC[N+](C)(C)C. The minimum absolute atomic E-state index is 0.0366. The second-order valence-electron chi connectivity index (χ2n) is 27.7. The molecule has 0 heterocycles. The lowest BCUT2D eigenvalue weighted by molar-refractivity contribution is -0.870. The monoisotopic (exact) mass is 1380 g/mol. The molecule has 0 aliphatic rings. The van der Waals surface area contributed by atoms with E-state index in [1.165, 1.54) is 173 Å². The van der Waals surface area contributed by atoms with Crippen molar-refractivity contribution in [1.29, 1.82) is 0 Å². The van der Waals surface area contributed by atoms with Gasteiger partial charge in [0.2, 0.25) is 0 Å². The van der Waals surface area contributed by atoms with Crippen LogP contribution in [-0.2, 0) is 32.7 Å². The molecule has 0 aromatic heterocycles. The predicted molar refractivity (Wildman–Crippen MR) is 424 cm³/mol. The number of nitrogens with zero attached hydrogens (tertiary/aromatic N) is 1. The first-order valence-electron chi connectivity index (χ1n) is 40.2. The molecule has 0 aromatic rings. The van der Waals surface area contributed by atoms with E-state index in [1.54, 1.807) is 0 Å². The van der Waals surface area contributed by atoms with Crippen molar-refractivity contribution in [3.63, 3.8) is 0 Å². The van der Waals surface area contributed by atoms with Crippen LogP contribution in [0.3, 0.4) is 0 Å². The van der Waals surface area contributed by atoms with Gasteiger partial charge in [0.25, 0.3) is 7.82 Å². The third kappa shape index (κ3) is 80.6.